The van der Waals surface area contributed by atoms with Gasteiger partial charge < -0.3 is 10.4 Å². The van der Waals surface area contributed by atoms with Crippen molar-refractivity contribution in [3.05, 3.63) is 5.01 Å². The first-order valence-corrected chi connectivity index (χ1v) is 7.78. The van der Waals surface area contributed by atoms with Crippen molar-refractivity contribution in [2.45, 2.75) is 51.6 Å². The number of fused-ring (bicyclic) bond motifs is 3. The van der Waals surface area contributed by atoms with Gasteiger partial charge in [0.25, 0.3) is 0 Å². The van der Waals surface area contributed by atoms with Crippen LogP contribution in [0.4, 0.5) is 5.13 Å². The Labute approximate surface area is 112 Å². The molecule has 4 nitrogen and oxygen atoms in total. The third-order valence-electron chi connectivity index (χ3n) is 4.78. The summed E-state index contributed by atoms with van der Waals surface area (Å²) in [4.78, 5) is 0. The molecule has 3 aliphatic carbocycles. The highest BCUT2D eigenvalue weighted by molar-refractivity contribution is 7.15. The molecular formula is C13H21N3OS. The van der Waals surface area contributed by atoms with Crippen molar-refractivity contribution >= 4 is 16.5 Å². The maximum absolute atomic E-state index is 8.94. The van der Waals surface area contributed by atoms with E-state index in [9.17, 15) is 0 Å². The zero-order chi connectivity index (χ0) is 12.4. The van der Waals surface area contributed by atoms with E-state index in [2.05, 4.69) is 15.5 Å². The summed E-state index contributed by atoms with van der Waals surface area (Å²) in [6.07, 6.45) is 9.90. The minimum absolute atomic E-state index is 0.00925. The molecule has 0 saturated heterocycles. The van der Waals surface area contributed by atoms with E-state index in [1.807, 2.05) is 0 Å². The number of aliphatic hydroxyl groups is 1. The number of rotatable bonds is 5. The summed E-state index contributed by atoms with van der Waals surface area (Å²) in [7, 11) is 0. The van der Waals surface area contributed by atoms with Crippen LogP contribution in [0.25, 0.3) is 0 Å². The molecule has 1 aromatic rings. The first kappa shape index (κ1) is 12.4. The largest absolute Gasteiger partial charge is 0.389 e. The van der Waals surface area contributed by atoms with E-state index in [0.29, 0.717) is 10.4 Å². The molecule has 18 heavy (non-hydrogen) atoms. The molecule has 0 spiro atoms. The fourth-order valence-electron chi connectivity index (χ4n) is 3.54. The number of aliphatic hydroxyl groups excluding tert-OH is 1. The molecule has 0 amide bonds. The molecule has 3 aliphatic rings. The van der Waals surface area contributed by atoms with Gasteiger partial charge in [-0.2, -0.15) is 0 Å². The van der Waals surface area contributed by atoms with Gasteiger partial charge in [0.1, 0.15) is 5.01 Å². The Kier molecular flexibility index (Phi) is 3.52. The van der Waals surface area contributed by atoms with Gasteiger partial charge in [0.15, 0.2) is 0 Å². The van der Waals surface area contributed by atoms with Gasteiger partial charge in [-0.25, -0.2) is 0 Å². The molecule has 1 aromatic heterocycles. The molecule has 0 aliphatic heterocycles. The van der Waals surface area contributed by atoms with Crippen molar-refractivity contribution in [1.82, 2.24) is 10.2 Å². The summed E-state index contributed by atoms with van der Waals surface area (Å²) in [5.74, 6) is 1.04. The summed E-state index contributed by atoms with van der Waals surface area (Å²) >= 11 is 1.45. The molecule has 0 atom stereocenters. The number of nitrogens with one attached hydrogen (secondary N) is 1. The van der Waals surface area contributed by atoms with Crippen LogP contribution < -0.4 is 5.32 Å². The highest BCUT2D eigenvalue weighted by atomic mass is 32.1. The minimum Gasteiger partial charge on any atom is -0.389 e. The topological polar surface area (TPSA) is 58.0 Å². The van der Waals surface area contributed by atoms with E-state index in [1.165, 1.54) is 56.3 Å². The molecule has 3 saturated carbocycles. The molecule has 5 heteroatoms. The third kappa shape index (κ3) is 2.52. The van der Waals surface area contributed by atoms with Gasteiger partial charge in [0.2, 0.25) is 5.13 Å². The first-order chi connectivity index (χ1) is 8.80. The van der Waals surface area contributed by atoms with Gasteiger partial charge in [-0.15, -0.1) is 10.2 Å². The van der Waals surface area contributed by atoms with Gasteiger partial charge in [0, 0.05) is 6.54 Å². The molecule has 2 bridgehead atoms. The van der Waals surface area contributed by atoms with Crippen LogP contribution in [-0.4, -0.2) is 21.8 Å². The van der Waals surface area contributed by atoms with Crippen molar-refractivity contribution in [3.63, 3.8) is 0 Å². The van der Waals surface area contributed by atoms with Gasteiger partial charge in [-0.05, 0) is 56.3 Å². The monoisotopic (exact) mass is 267 g/mol. The van der Waals surface area contributed by atoms with Crippen LogP contribution in [0.15, 0.2) is 0 Å². The number of hydrogen-bond acceptors (Lipinski definition) is 5. The summed E-state index contributed by atoms with van der Waals surface area (Å²) in [6, 6.07) is 0. The molecule has 4 rings (SSSR count). The molecular weight excluding hydrogens is 246 g/mol. The predicted molar refractivity (Wildman–Crippen MR) is 72.6 cm³/mol. The molecule has 2 N–H and O–H groups in total. The summed E-state index contributed by atoms with van der Waals surface area (Å²) in [5, 5.41) is 21.8. The van der Waals surface area contributed by atoms with Crippen LogP contribution in [0.3, 0.4) is 0 Å². The third-order valence-corrected chi connectivity index (χ3v) is 5.65. The van der Waals surface area contributed by atoms with Crippen molar-refractivity contribution in [2.75, 3.05) is 11.9 Å². The van der Waals surface area contributed by atoms with Gasteiger partial charge in [0.05, 0.1) is 6.61 Å². The van der Waals surface area contributed by atoms with E-state index in [4.69, 9.17) is 5.11 Å². The second-order valence-corrected chi connectivity index (χ2v) is 6.88. The predicted octanol–water partition coefficient (Wildman–Crippen LogP) is 2.80. The van der Waals surface area contributed by atoms with E-state index >= 15 is 0 Å². The van der Waals surface area contributed by atoms with Crippen LogP contribution in [0.5, 0.6) is 0 Å². The van der Waals surface area contributed by atoms with Gasteiger partial charge in [-0.1, -0.05) is 11.3 Å². The number of hydrogen-bond donors (Lipinski definition) is 2. The fourth-order valence-corrected chi connectivity index (χ4v) is 4.16. The number of aromatic nitrogens is 2. The van der Waals surface area contributed by atoms with Crippen LogP contribution in [0.2, 0.25) is 0 Å². The number of anilines is 1. The molecule has 100 valence electrons. The molecule has 3 fully saturated rings. The van der Waals surface area contributed by atoms with Crippen molar-refractivity contribution < 1.29 is 5.11 Å². The van der Waals surface area contributed by atoms with Crippen LogP contribution in [0, 0.1) is 11.3 Å². The SMILES string of the molecule is OCc1nnc(NCCC23CCC(CC2)CC3)s1. The summed E-state index contributed by atoms with van der Waals surface area (Å²) in [6.45, 7) is 0.982. The van der Waals surface area contributed by atoms with Gasteiger partial charge >= 0.3 is 0 Å². The lowest BCUT2D eigenvalue weighted by Gasteiger charge is -2.46. The zero-order valence-electron chi connectivity index (χ0n) is 10.7. The van der Waals surface area contributed by atoms with Crippen LogP contribution in [-0.2, 0) is 6.61 Å². The molecule has 0 radical (unpaired) electrons. The quantitative estimate of drug-likeness (QED) is 0.861. The van der Waals surface area contributed by atoms with Crippen LogP contribution >= 0.6 is 11.3 Å². The average molecular weight is 267 g/mol. The highest BCUT2D eigenvalue weighted by Crippen LogP contribution is 2.52. The van der Waals surface area contributed by atoms with Crippen molar-refractivity contribution in [2.24, 2.45) is 11.3 Å². The van der Waals surface area contributed by atoms with E-state index < -0.39 is 0 Å². The summed E-state index contributed by atoms with van der Waals surface area (Å²) < 4.78 is 0. The minimum atomic E-state index is -0.00925. The Hall–Kier alpha value is -0.680. The van der Waals surface area contributed by atoms with E-state index in [-0.39, 0.29) is 6.61 Å². The Morgan fingerprint density at radius 3 is 2.56 bits per heavy atom. The second kappa shape index (κ2) is 5.13. The lowest BCUT2D eigenvalue weighted by atomic mass is 9.59. The Morgan fingerprint density at radius 2 is 1.94 bits per heavy atom. The van der Waals surface area contributed by atoms with E-state index in [1.54, 1.807) is 0 Å². The Balaban J connectivity index is 1.49. The van der Waals surface area contributed by atoms with Gasteiger partial charge in [-0.3, -0.25) is 0 Å². The normalized spacial score (nSPS) is 30.6. The molecule has 0 unspecified atom stereocenters. The average Bonchev–Trinajstić information content (AvgIpc) is 2.89. The number of nitrogens with zero attached hydrogens (tertiary/aromatic N) is 2. The highest BCUT2D eigenvalue weighted by Gasteiger charge is 2.39. The van der Waals surface area contributed by atoms with Crippen molar-refractivity contribution in [1.29, 1.82) is 0 Å². The molecule has 0 aromatic carbocycles. The standard InChI is InChI=1S/C13H21N3OS/c17-9-11-15-16-12(18-11)14-8-7-13-4-1-10(2-5-13)3-6-13/h10,17H,1-9H2,(H,14,16). The summed E-state index contributed by atoms with van der Waals surface area (Å²) in [5.41, 5.74) is 0.617. The second-order valence-electron chi connectivity index (χ2n) is 5.82. The lowest BCUT2D eigenvalue weighted by molar-refractivity contribution is 0.0600. The fraction of sp³-hybridized carbons (Fsp3) is 0.846. The Bertz CT molecular complexity index is 385. The van der Waals surface area contributed by atoms with E-state index in [0.717, 1.165) is 17.6 Å². The van der Waals surface area contributed by atoms with Crippen molar-refractivity contribution in [3.8, 4) is 0 Å². The first-order valence-electron chi connectivity index (χ1n) is 6.97. The Morgan fingerprint density at radius 1 is 1.22 bits per heavy atom. The molecule has 1 heterocycles. The zero-order valence-corrected chi connectivity index (χ0v) is 11.5. The maximum atomic E-state index is 8.94. The lowest BCUT2D eigenvalue weighted by Crippen LogP contribution is -2.35. The van der Waals surface area contributed by atoms with Crippen LogP contribution in [0.1, 0.15) is 50.0 Å². The maximum Gasteiger partial charge on any atom is 0.205 e. The smallest absolute Gasteiger partial charge is 0.205 e.